The van der Waals surface area contributed by atoms with Crippen LogP contribution in [0.15, 0.2) is 47.4 Å². The summed E-state index contributed by atoms with van der Waals surface area (Å²) in [5, 5.41) is 2.20. The first-order chi connectivity index (χ1) is 12.4. The molecule has 1 amide bonds. The molecule has 0 aromatic heterocycles. The summed E-state index contributed by atoms with van der Waals surface area (Å²) in [6, 6.07) is 7.31. The Kier molecular flexibility index (Phi) is 6.23. The van der Waals surface area contributed by atoms with E-state index in [4.69, 9.17) is 19.4 Å². The summed E-state index contributed by atoms with van der Waals surface area (Å²) in [5.74, 6) is -1.55. The van der Waals surface area contributed by atoms with Crippen molar-refractivity contribution in [1.82, 2.24) is 4.72 Å². The molecule has 0 heterocycles. The maximum absolute atomic E-state index is 12.8. The molecule has 2 aromatic rings. The van der Waals surface area contributed by atoms with Crippen molar-refractivity contribution in [3.8, 4) is 0 Å². The highest BCUT2D eigenvalue weighted by Gasteiger charge is 2.31. The SMILES string of the molecule is [B]C(C)NS(=O)(=O)c1ccc(C(=O)Nc2cc(C(F)(F)F)ccc2Cl)cc1. The highest BCUT2D eigenvalue weighted by Crippen LogP contribution is 2.34. The van der Waals surface area contributed by atoms with Crippen molar-refractivity contribution in [3.63, 3.8) is 0 Å². The summed E-state index contributed by atoms with van der Waals surface area (Å²) >= 11 is 5.83. The van der Waals surface area contributed by atoms with Crippen LogP contribution in [0.25, 0.3) is 0 Å². The molecule has 0 bridgehead atoms. The molecule has 2 rings (SSSR count). The molecule has 0 saturated carbocycles. The number of sulfonamides is 1. The van der Waals surface area contributed by atoms with Crippen molar-refractivity contribution >= 4 is 41.1 Å². The highest BCUT2D eigenvalue weighted by atomic mass is 35.5. The van der Waals surface area contributed by atoms with Crippen molar-refractivity contribution in [2.45, 2.75) is 23.9 Å². The van der Waals surface area contributed by atoms with Crippen LogP contribution < -0.4 is 10.0 Å². The molecule has 0 spiro atoms. The molecule has 1 unspecified atom stereocenters. The van der Waals surface area contributed by atoms with Gasteiger partial charge in [-0.1, -0.05) is 18.5 Å². The van der Waals surface area contributed by atoms with Gasteiger partial charge in [0.1, 0.15) is 0 Å². The van der Waals surface area contributed by atoms with Crippen LogP contribution in [0.1, 0.15) is 22.8 Å². The van der Waals surface area contributed by atoms with Gasteiger partial charge in [0.15, 0.2) is 0 Å². The molecule has 11 heteroatoms. The minimum atomic E-state index is -4.59. The van der Waals surface area contributed by atoms with Crippen molar-refractivity contribution in [1.29, 1.82) is 0 Å². The molecule has 0 aliphatic rings. The number of carbonyl (C=O) groups excluding carboxylic acids is 1. The van der Waals surface area contributed by atoms with Crippen LogP contribution in [0.4, 0.5) is 18.9 Å². The standard InChI is InChI=1S/C16H13BClF3N2O3S/c1-9(17)23-27(25,26)12-5-2-10(3-6-12)15(24)22-14-8-11(16(19,20)21)4-7-13(14)18/h2-9,23H,1H3,(H,22,24). The third-order valence-electron chi connectivity index (χ3n) is 3.31. The van der Waals surface area contributed by atoms with Crippen molar-refractivity contribution in [2.24, 2.45) is 0 Å². The fourth-order valence-corrected chi connectivity index (χ4v) is 3.37. The van der Waals surface area contributed by atoms with Crippen LogP contribution in [0, 0.1) is 0 Å². The average Bonchev–Trinajstić information content (AvgIpc) is 2.54. The highest BCUT2D eigenvalue weighted by molar-refractivity contribution is 7.89. The molecule has 2 aromatic carbocycles. The fourth-order valence-electron chi connectivity index (χ4n) is 2.09. The van der Waals surface area contributed by atoms with E-state index < -0.39 is 33.6 Å². The summed E-state index contributed by atoms with van der Waals surface area (Å²) in [7, 11) is 1.55. The molecule has 1 atom stereocenters. The van der Waals surface area contributed by atoms with E-state index in [1.54, 1.807) is 0 Å². The smallest absolute Gasteiger partial charge is 0.321 e. The van der Waals surface area contributed by atoms with Crippen LogP contribution >= 0.6 is 11.6 Å². The second kappa shape index (κ2) is 7.91. The lowest BCUT2D eigenvalue weighted by molar-refractivity contribution is -0.137. The van der Waals surface area contributed by atoms with Gasteiger partial charge in [0, 0.05) is 5.56 Å². The Morgan fingerprint density at radius 1 is 1.15 bits per heavy atom. The number of amides is 1. The van der Waals surface area contributed by atoms with E-state index >= 15 is 0 Å². The molecule has 27 heavy (non-hydrogen) atoms. The quantitative estimate of drug-likeness (QED) is 0.734. The van der Waals surface area contributed by atoms with E-state index in [0.29, 0.717) is 6.07 Å². The Hall–Kier alpha value is -2.04. The third kappa shape index (κ3) is 5.47. The van der Waals surface area contributed by atoms with Gasteiger partial charge in [0.05, 0.1) is 29.0 Å². The Morgan fingerprint density at radius 2 is 1.74 bits per heavy atom. The number of carbonyl (C=O) groups is 1. The minimum absolute atomic E-state index is 0.0308. The molecule has 2 N–H and O–H groups in total. The molecule has 0 aliphatic carbocycles. The molecule has 2 radical (unpaired) electrons. The molecular formula is C16H13BClF3N2O3S. The first-order valence-electron chi connectivity index (χ1n) is 7.46. The fraction of sp³-hybridized carbons (Fsp3) is 0.188. The van der Waals surface area contributed by atoms with Crippen molar-refractivity contribution in [2.75, 3.05) is 5.32 Å². The number of halogens is 4. The van der Waals surface area contributed by atoms with E-state index in [-0.39, 0.29) is 21.2 Å². The number of benzene rings is 2. The number of rotatable bonds is 5. The lowest BCUT2D eigenvalue weighted by atomic mass is 10.0. The van der Waals surface area contributed by atoms with E-state index in [0.717, 1.165) is 12.1 Å². The zero-order valence-electron chi connectivity index (χ0n) is 13.8. The van der Waals surface area contributed by atoms with E-state index in [9.17, 15) is 26.4 Å². The summed E-state index contributed by atoms with van der Waals surface area (Å²) in [6.45, 7) is 1.44. The molecular weight excluding hydrogens is 404 g/mol. The number of anilines is 1. The van der Waals surface area contributed by atoms with Crippen LogP contribution in [0.2, 0.25) is 5.02 Å². The van der Waals surface area contributed by atoms with Crippen molar-refractivity contribution < 1.29 is 26.4 Å². The zero-order valence-corrected chi connectivity index (χ0v) is 15.4. The maximum Gasteiger partial charge on any atom is 0.416 e. The van der Waals surface area contributed by atoms with Gasteiger partial charge in [0.2, 0.25) is 10.0 Å². The van der Waals surface area contributed by atoms with Gasteiger partial charge in [-0.15, -0.1) is 0 Å². The summed E-state index contributed by atoms with van der Waals surface area (Å²) in [5.41, 5.74) is -1.15. The summed E-state index contributed by atoms with van der Waals surface area (Å²) < 4.78 is 64.5. The van der Waals surface area contributed by atoms with Gasteiger partial charge >= 0.3 is 6.18 Å². The second-order valence-electron chi connectivity index (χ2n) is 5.58. The number of nitrogens with one attached hydrogen (secondary N) is 2. The van der Waals surface area contributed by atoms with Gasteiger partial charge < -0.3 is 5.32 Å². The Morgan fingerprint density at radius 3 is 2.26 bits per heavy atom. The Labute approximate surface area is 160 Å². The second-order valence-corrected chi connectivity index (χ2v) is 7.70. The van der Waals surface area contributed by atoms with Gasteiger partial charge in [-0.3, -0.25) is 4.79 Å². The first kappa shape index (κ1) is 21.3. The molecule has 0 fully saturated rings. The lowest BCUT2D eigenvalue weighted by Gasteiger charge is -2.12. The normalized spacial score (nSPS) is 13.2. The van der Waals surface area contributed by atoms with Crippen LogP contribution in [0.5, 0.6) is 0 Å². The monoisotopic (exact) mass is 416 g/mol. The van der Waals surface area contributed by atoms with Gasteiger partial charge in [-0.2, -0.15) is 13.2 Å². The van der Waals surface area contributed by atoms with Gasteiger partial charge in [0.25, 0.3) is 5.91 Å². The third-order valence-corrected chi connectivity index (χ3v) is 5.21. The molecule has 5 nitrogen and oxygen atoms in total. The Bertz CT molecular complexity index is 948. The summed E-state index contributed by atoms with van der Waals surface area (Å²) in [4.78, 5) is 12.1. The van der Waals surface area contributed by atoms with E-state index in [1.165, 1.54) is 31.2 Å². The molecule has 0 aliphatic heterocycles. The number of hydrogen-bond acceptors (Lipinski definition) is 3. The van der Waals surface area contributed by atoms with Crippen LogP contribution in [0.3, 0.4) is 0 Å². The zero-order chi connectivity index (χ0) is 20.4. The summed E-state index contributed by atoms with van der Waals surface area (Å²) in [6.07, 6.45) is -4.59. The van der Waals surface area contributed by atoms with Crippen LogP contribution in [-0.4, -0.2) is 28.1 Å². The topological polar surface area (TPSA) is 75.3 Å². The predicted octanol–water partition coefficient (Wildman–Crippen LogP) is 3.40. The number of alkyl halides is 3. The van der Waals surface area contributed by atoms with Gasteiger partial charge in [-0.25, -0.2) is 13.1 Å². The van der Waals surface area contributed by atoms with Crippen molar-refractivity contribution in [3.05, 3.63) is 58.6 Å². The lowest BCUT2D eigenvalue weighted by Crippen LogP contribution is -2.32. The Balaban J connectivity index is 2.22. The first-order valence-corrected chi connectivity index (χ1v) is 9.32. The average molecular weight is 417 g/mol. The predicted molar refractivity (Wildman–Crippen MR) is 96.4 cm³/mol. The van der Waals surface area contributed by atoms with Crippen LogP contribution in [-0.2, 0) is 16.2 Å². The van der Waals surface area contributed by atoms with Gasteiger partial charge in [-0.05, 0) is 48.4 Å². The van der Waals surface area contributed by atoms with E-state index in [2.05, 4.69) is 10.0 Å². The van der Waals surface area contributed by atoms with E-state index in [1.807, 2.05) is 0 Å². The molecule has 0 saturated heterocycles. The largest absolute Gasteiger partial charge is 0.416 e. The minimum Gasteiger partial charge on any atom is -0.321 e. The maximum atomic E-state index is 12.8. The number of hydrogen-bond donors (Lipinski definition) is 2. The molecule has 142 valence electrons.